The van der Waals surface area contributed by atoms with Gasteiger partial charge in [0.25, 0.3) is 0 Å². The van der Waals surface area contributed by atoms with Gasteiger partial charge in [-0.3, -0.25) is 0 Å². The summed E-state index contributed by atoms with van der Waals surface area (Å²) >= 11 is 0. The molecule has 1 aliphatic carbocycles. The van der Waals surface area contributed by atoms with Crippen LogP contribution in [0.1, 0.15) is 86.4 Å². The molecule has 2 aliphatic rings. The van der Waals surface area contributed by atoms with Gasteiger partial charge in [-0.15, -0.1) is 0 Å². The van der Waals surface area contributed by atoms with Crippen molar-refractivity contribution < 1.29 is 23.4 Å². The second kappa shape index (κ2) is 8.87. The SMILES string of the molecule is COC(=O)c1ccc(/C(=C/c2ccc3c(c2)C(C)(C)CCC3(C)C)CC2OCCCO2)o1. The zero-order valence-electron chi connectivity index (χ0n) is 19.8. The van der Waals surface area contributed by atoms with E-state index in [1.807, 2.05) is 6.07 Å². The summed E-state index contributed by atoms with van der Waals surface area (Å²) in [6, 6.07) is 10.2. The Morgan fingerprint density at radius 3 is 2.34 bits per heavy atom. The monoisotopic (exact) mass is 438 g/mol. The summed E-state index contributed by atoms with van der Waals surface area (Å²) in [7, 11) is 1.35. The number of carbonyl (C=O) groups is 1. The van der Waals surface area contributed by atoms with Crippen molar-refractivity contribution in [1.29, 1.82) is 0 Å². The van der Waals surface area contributed by atoms with E-state index in [0.717, 1.165) is 24.0 Å². The van der Waals surface area contributed by atoms with Gasteiger partial charge < -0.3 is 18.6 Å². The molecule has 5 nitrogen and oxygen atoms in total. The van der Waals surface area contributed by atoms with Crippen LogP contribution in [0.5, 0.6) is 0 Å². The van der Waals surface area contributed by atoms with E-state index in [1.54, 1.807) is 6.07 Å². The third kappa shape index (κ3) is 4.69. The molecule has 1 aliphatic heterocycles. The molecule has 4 rings (SSSR count). The normalized spacial score (nSPS) is 20.6. The summed E-state index contributed by atoms with van der Waals surface area (Å²) in [5.74, 6) is 0.325. The fourth-order valence-corrected chi connectivity index (χ4v) is 4.68. The van der Waals surface area contributed by atoms with Crippen molar-refractivity contribution in [1.82, 2.24) is 0 Å². The number of carbonyl (C=O) groups excluding carboxylic acids is 1. The zero-order valence-corrected chi connectivity index (χ0v) is 19.8. The number of methoxy groups -OCH3 is 1. The van der Waals surface area contributed by atoms with Crippen molar-refractivity contribution in [3.8, 4) is 0 Å². The molecule has 0 radical (unpaired) electrons. The number of rotatable bonds is 5. The molecule has 0 atom stereocenters. The minimum absolute atomic E-state index is 0.132. The number of benzene rings is 1. The predicted octanol–water partition coefficient (Wildman–Crippen LogP) is 6.11. The van der Waals surface area contributed by atoms with Gasteiger partial charge in [0.1, 0.15) is 5.76 Å². The standard InChI is InChI=1S/C27H34O5/c1-26(2)11-12-27(3,4)21-16-18(7-8-20(21)26)15-19(17-24-30-13-6-14-31-24)22-9-10-23(32-22)25(28)29-5/h7-10,15-16,24H,6,11-14,17H2,1-5H3/b19-15+. The van der Waals surface area contributed by atoms with Crippen molar-refractivity contribution in [2.45, 2.75) is 70.5 Å². The second-order valence-electron chi connectivity index (χ2n) is 10.1. The third-order valence-corrected chi connectivity index (χ3v) is 6.81. The van der Waals surface area contributed by atoms with E-state index >= 15 is 0 Å². The maximum absolute atomic E-state index is 11.9. The largest absolute Gasteiger partial charge is 0.463 e. The summed E-state index contributed by atoms with van der Waals surface area (Å²) in [6.45, 7) is 10.7. The van der Waals surface area contributed by atoms with E-state index in [0.29, 0.717) is 25.4 Å². The number of furan rings is 1. The second-order valence-corrected chi connectivity index (χ2v) is 10.1. The van der Waals surface area contributed by atoms with Crippen molar-refractivity contribution in [2.24, 2.45) is 0 Å². The lowest BCUT2D eigenvalue weighted by molar-refractivity contribution is -0.174. The molecule has 2 aromatic rings. The smallest absolute Gasteiger partial charge is 0.373 e. The van der Waals surface area contributed by atoms with Crippen LogP contribution in [0.3, 0.4) is 0 Å². The lowest BCUT2D eigenvalue weighted by atomic mass is 9.63. The van der Waals surface area contributed by atoms with E-state index in [1.165, 1.54) is 24.7 Å². The Morgan fingerprint density at radius 1 is 1.00 bits per heavy atom. The molecule has 1 aromatic heterocycles. The van der Waals surface area contributed by atoms with Gasteiger partial charge in [0, 0.05) is 12.0 Å². The minimum atomic E-state index is -0.487. The fraction of sp³-hybridized carbons (Fsp3) is 0.519. The first-order chi connectivity index (χ1) is 15.2. The molecular weight excluding hydrogens is 404 g/mol. The minimum Gasteiger partial charge on any atom is -0.463 e. The molecule has 0 bridgehead atoms. The van der Waals surface area contributed by atoms with Crippen molar-refractivity contribution in [3.05, 3.63) is 58.5 Å². The summed E-state index contributed by atoms with van der Waals surface area (Å²) in [4.78, 5) is 11.9. The molecular formula is C27H34O5. The molecule has 5 heteroatoms. The van der Waals surface area contributed by atoms with Gasteiger partial charge in [0.15, 0.2) is 6.29 Å². The summed E-state index contributed by atoms with van der Waals surface area (Å²) in [6.07, 6.45) is 5.59. The molecule has 0 amide bonds. The summed E-state index contributed by atoms with van der Waals surface area (Å²) < 4.78 is 22.2. The fourth-order valence-electron chi connectivity index (χ4n) is 4.68. The van der Waals surface area contributed by atoms with Crippen LogP contribution < -0.4 is 0 Å². The van der Waals surface area contributed by atoms with Crippen LogP contribution in [0.2, 0.25) is 0 Å². The van der Waals surface area contributed by atoms with E-state index < -0.39 is 5.97 Å². The van der Waals surface area contributed by atoms with E-state index in [9.17, 15) is 4.79 Å². The Balaban J connectivity index is 1.73. The molecule has 1 fully saturated rings. The lowest BCUT2D eigenvalue weighted by Crippen LogP contribution is -2.33. The Bertz CT molecular complexity index is 1000. The van der Waals surface area contributed by atoms with Crippen LogP contribution in [0.15, 0.2) is 34.7 Å². The van der Waals surface area contributed by atoms with Gasteiger partial charge in [-0.25, -0.2) is 4.79 Å². The highest BCUT2D eigenvalue weighted by molar-refractivity contribution is 5.88. The first-order valence-corrected chi connectivity index (χ1v) is 11.5. The lowest BCUT2D eigenvalue weighted by Gasteiger charge is -2.42. The van der Waals surface area contributed by atoms with Crippen LogP contribution in [0.25, 0.3) is 11.6 Å². The summed E-state index contributed by atoms with van der Waals surface area (Å²) in [5.41, 5.74) is 5.18. The molecule has 0 N–H and O–H groups in total. The molecule has 0 spiro atoms. The maximum atomic E-state index is 11.9. The van der Waals surface area contributed by atoms with Crippen LogP contribution >= 0.6 is 0 Å². The number of hydrogen-bond donors (Lipinski definition) is 0. The Hall–Kier alpha value is -2.37. The predicted molar refractivity (Wildman–Crippen MR) is 125 cm³/mol. The number of ether oxygens (including phenoxy) is 3. The first kappa shape index (κ1) is 22.8. The zero-order chi connectivity index (χ0) is 22.9. The Morgan fingerprint density at radius 2 is 1.66 bits per heavy atom. The topological polar surface area (TPSA) is 57.9 Å². The number of esters is 1. The molecule has 1 saturated heterocycles. The maximum Gasteiger partial charge on any atom is 0.373 e. The van der Waals surface area contributed by atoms with Gasteiger partial charge in [-0.2, -0.15) is 0 Å². The number of fused-ring (bicyclic) bond motifs is 1. The molecule has 0 unspecified atom stereocenters. The van der Waals surface area contributed by atoms with Crippen LogP contribution in [0, 0.1) is 0 Å². The van der Waals surface area contributed by atoms with Gasteiger partial charge in [-0.05, 0) is 65.0 Å². The highest BCUT2D eigenvalue weighted by Crippen LogP contribution is 2.46. The molecule has 2 heterocycles. The quantitative estimate of drug-likeness (QED) is 0.527. The van der Waals surface area contributed by atoms with Crippen molar-refractivity contribution in [3.63, 3.8) is 0 Å². The molecule has 1 aromatic carbocycles. The van der Waals surface area contributed by atoms with Gasteiger partial charge in [0.05, 0.1) is 20.3 Å². The molecule has 32 heavy (non-hydrogen) atoms. The molecule has 172 valence electrons. The highest BCUT2D eigenvalue weighted by Gasteiger charge is 2.36. The van der Waals surface area contributed by atoms with Gasteiger partial charge in [0.2, 0.25) is 5.76 Å². The van der Waals surface area contributed by atoms with Crippen molar-refractivity contribution in [2.75, 3.05) is 20.3 Å². The van der Waals surface area contributed by atoms with E-state index in [2.05, 4.69) is 52.0 Å². The van der Waals surface area contributed by atoms with Crippen molar-refractivity contribution >= 4 is 17.6 Å². The number of hydrogen-bond acceptors (Lipinski definition) is 5. The van der Waals surface area contributed by atoms with Crippen LogP contribution in [0.4, 0.5) is 0 Å². The van der Waals surface area contributed by atoms with Crippen LogP contribution in [-0.4, -0.2) is 32.6 Å². The molecule has 0 saturated carbocycles. The summed E-state index contributed by atoms with van der Waals surface area (Å²) in [5, 5.41) is 0. The average Bonchev–Trinajstić information content (AvgIpc) is 3.27. The Kier molecular flexibility index (Phi) is 6.33. The van der Waals surface area contributed by atoms with E-state index in [-0.39, 0.29) is 22.9 Å². The highest BCUT2D eigenvalue weighted by atomic mass is 16.7. The Labute approximate surface area is 190 Å². The first-order valence-electron chi connectivity index (χ1n) is 11.5. The van der Waals surface area contributed by atoms with Gasteiger partial charge in [-0.1, -0.05) is 45.9 Å². The van der Waals surface area contributed by atoms with E-state index in [4.69, 9.17) is 18.6 Å². The van der Waals surface area contributed by atoms with Gasteiger partial charge >= 0.3 is 5.97 Å². The third-order valence-electron chi connectivity index (χ3n) is 6.81. The average molecular weight is 439 g/mol. The van der Waals surface area contributed by atoms with Crippen LogP contribution in [-0.2, 0) is 25.0 Å².